The zero-order valence-electron chi connectivity index (χ0n) is 14.3. The first-order chi connectivity index (χ1) is 13.1. The Balaban J connectivity index is 1.48. The largest absolute Gasteiger partial charge is 0.484 e. The fraction of sp³-hybridized carbons (Fsp3) is 0.150. The SMILES string of the molecule is N#CCc1ccc(OCC(=O)Nc2ncc(Cc3ccc(F)cc3)s2)cc1. The van der Waals surface area contributed by atoms with E-state index >= 15 is 0 Å². The van der Waals surface area contributed by atoms with Gasteiger partial charge in [-0.2, -0.15) is 5.26 Å². The first-order valence-electron chi connectivity index (χ1n) is 8.20. The summed E-state index contributed by atoms with van der Waals surface area (Å²) >= 11 is 1.37. The third-order valence-electron chi connectivity index (χ3n) is 3.67. The molecule has 0 atom stereocenters. The Bertz CT molecular complexity index is 947. The highest BCUT2D eigenvalue weighted by Crippen LogP contribution is 2.21. The fourth-order valence-corrected chi connectivity index (χ4v) is 3.21. The molecule has 0 spiro atoms. The maximum Gasteiger partial charge on any atom is 0.264 e. The first kappa shape index (κ1) is 18.5. The zero-order chi connectivity index (χ0) is 19.1. The van der Waals surface area contributed by atoms with Crippen molar-refractivity contribution >= 4 is 22.4 Å². The lowest BCUT2D eigenvalue weighted by Gasteiger charge is -2.06. The number of halogens is 1. The average Bonchev–Trinajstić information content (AvgIpc) is 3.10. The summed E-state index contributed by atoms with van der Waals surface area (Å²) in [7, 11) is 0. The Morgan fingerprint density at radius 1 is 1.15 bits per heavy atom. The van der Waals surface area contributed by atoms with E-state index in [1.807, 2.05) is 0 Å². The second-order valence-corrected chi connectivity index (χ2v) is 6.87. The smallest absolute Gasteiger partial charge is 0.264 e. The van der Waals surface area contributed by atoms with E-state index in [1.165, 1.54) is 23.5 Å². The predicted molar refractivity (Wildman–Crippen MR) is 101 cm³/mol. The van der Waals surface area contributed by atoms with Crippen molar-refractivity contribution in [3.05, 3.63) is 76.5 Å². The van der Waals surface area contributed by atoms with Gasteiger partial charge in [-0.3, -0.25) is 10.1 Å². The predicted octanol–water partition coefficient (Wildman–Crippen LogP) is 3.96. The fourth-order valence-electron chi connectivity index (χ4n) is 2.35. The zero-order valence-corrected chi connectivity index (χ0v) is 15.1. The second-order valence-electron chi connectivity index (χ2n) is 5.75. The van der Waals surface area contributed by atoms with Gasteiger partial charge in [0.1, 0.15) is 11.6 Å². The summed E-state index contributed by atoms with van der Waals surface area (Å²) in [6, 6.07) is 15.4. The summed E-state index contributed by atoms with van der Waals surface area (Å²) in [6.07, 6.45) is 2.66. The molecule has 7 heteroatoms. The highest BCUT2D eigenvalue weighted by Gasteiger charge is 2.08. The first-order valence-corrected chi connectivity index (χ1v) is 9.02. The highest BCUT2D eigenvalue weighted by molar-refractivity contribution is 7.15. The summed E-state index contributed by atoms with van der Waals surface area (Å²) in [6.45, 7) is -0.134. The molecule has 3 rings (SSSR count). The van der Waals surface area contributed by atoms with Gasteiger partial charge in [0.05, 0.1) is 12.5 Å². The molecule has 27 heavy (non-hydrogen) atoms. The molecule has 2 aromatic carbocycles. The van der Waals surface area contributed by atoms with Gasteiger partial charge in [-0.15, -0.1) is 11.3 Å². The Hall–Kier alpha value is -3.24. The summed E-state index contributed by atoms with van der Waals surface area (Å²) in [5.74, 6) is -0.0162. The number of hydrogen-bond acceptors (Lipinski definition) is 5. The van der Waals surface area contributed by atoms with Crippen molar-refractivity contribution in [3.8, 4) is 11.8 Å². The minimum Gasteiger partial charge on any atom is -0.484 e. The maximum absolute atomic E-state index is 12.9. The number of anilines is 1. The molecule has 0 aliphatic carbocycles. The molecule has 0 unspecified atom stereocenters. The van der Waals surface area contributed by atoms with Crippen LogP contribution in [0.25, 0.3) is 0 Å². The van der Waals surface area contributed by atoms with E-state index in [0.717, 1.165) is 16.0 Å². The molecule has 0 aliphatic heterocycles. The number of nitrogens with zero attached hydrogens (tertiary/aromatic N) is 2. The lowest BCUT2D eigenvalue weighted by atomic mass is 10.1. The average molecular weight is 381 g/mol. The molecule has 3 aromatic rings. The Labute approximate surface area is 160 Å². The van der Waals surface area contributed by atoms with Crippen LogP contribution >= 0.6 is 11.3 Å². The standard InChI is InChI=1S/C20H16FN3O2S/c21-16-5-1-15(2-6-16)11-18-12-23-20(27-18)24-19(25)13-26-17-7-3-14(4-8-17)9-10-22/h1-8,12H,9,11,13H2,(H,23,24,25). The third-order valence-corrected chi connectivity index (χ3v) is 4.58. The van der Waals surface area contributed by atoms with E-state index in [0.29, 0.717) is 23.7 Å². The van der Waals surface area contributed by atoms with Crippen molar-refractivity contribution in [1.29, 1.82) is 5.26 Å². The molecule has 0 saturated carbocycles. The van der Waals surface area contributed by atoms with Crippen molar-refractivity contribution in [3.63, 3.8) is 0 Å². The molecular formula is C20H16FN3O2S. The highest BCUT2D eigenvalue weighted by atomic mass is 32.1. The quantitative estimate of drug-likeness (QED) is 0.672. The minimum absolute atomic E-state index is 0.134. The Kier molecular flexibility index (Phi) is 6.13. The van der Waals surface area contributed by atoms with Crippen LogP contribution < -0.4 is 10.1 Å². The topological polar surface area (TPSA) is 75.0 Å². The number of carbonyl (C=O) groups excluding carboxylic acids is 1. The Morgan fingerprint density at radius 2 is 1.85 bits per heavy atom. The van der Waals surface area contributed by atoms with Gasteiger partial charge in [0.2, 0.25) is 0 Å². The maximum atomic E-state index is 12.9. The molecule has 0 aliphatic rings. The molecule has 0 bridgehead atoms. The van der Waals surface area contributed by atoms with Crippen LogP contribution in [0.1, 0.15) is 16.0 Å². The number of rotatable bonds is 7. The van der Waals surface area contributed by atoms with Crippen LogP contribution in [0.4, 0.5) is 9.52 Å². The summed E-state index contributed by atoms with van der Waals surface area (Å²) < 4.78 is 18.4. The van der Waals surface area contributed by atoms with Crippen LogP contribution in [-0.2, 0) is 17.6 Å². The number of benzene rings is 2. The molecule has 1 amide bonds. The van der Waals surface area contributed by atoms with Gasteiger partial charge in [-0.25, -0.2) is 9.37 Å². The summed E-state index contributed by atoms with van der Waals surface area (Å²) in [5.41, 5.74) is 1.87. The van der Waals surface area contributed by atoms with E-state index in [-0.39, 0.29) is 18.3 Å². The van der Waals surface area contributed by atoms with Crippen LogP contribution in [0.5, 0.6) is 5.75 Å². The monoisotopic (exact) mass is 381 g/mol. The molecule has 0 saturated heterocycles. The molecular weight excluding hydrogens is 365 g/mol. The van der Waals surface area contributed by atoms with E-state index in [4.69, 9.17) is 10.00 Å². The lowest BCUT2D eigenvalue weighted by Crippen LogP contribution is -2.19. The molecule has 136 valence electrons. The van der Waals surface area contributed by atoms with E-state index in [1.54, 1.807) is 42.6 Å². The number of aromatic nitrogens is 1. The molecule has 1 N–H and O–H groups in total. The molecule has 1 heterocycles. The van der Waals surface area contributed by atoms with Crippen molar-refractivity contribution in [2.45, 2.75) is 12.8 Å². The van der Waals surface area contributed by atoms with Gasteiger partial charge >= 0.3 is 0 Å². The van der Waals surface area contributed by atoms with Gasteiger partial charge in [-0.1, -0.05) is 24.3 Å². The van der Waals surface area contributed by atoms with Crippen LogP contribution in [0.3, 0.4) is 0 Å². The van der Waals surface area contributed by atoms with Crippen LogP contribution in [-0.4, -0.2) is 17.5 Å². The van der Waals surface area contributed by atoms with Crippen molar-refractivity contribution in [2.24, 2.45) is 0 Å². The van der Waals surface area contributed by atoms with E-state index in [9.17, 15) is 9.18 Å². The van der Waals surface area contributed by atoms with Gasteiger partial charge in [0.25, 0.3) is 5.91 Å². The summed E-state index contributed by atoms with van der Waals surface area (Å²) in [4.78, 5) is 17.2. The third kappa shape index (κ3) is 5.62. The second kappa shape index (κ2) is 8.92. The molecule has 0 radical (unpaired) electrons. The number of ether oxygens (including phenoxy) is 1. The number of nitrogens with one attached hydrogen (secondary N) is 1. The minimum atomic E-state index is -0.307. The van der Waals surface area contributed by atoms with E-state index < -0.39 is 0 Å². The van der Waals surface area contributed by atoms with Gasteiger partial charge in [0.15, 0.2) is 11.7 Å². The number of nitriles is 1. The number of thiazole rings is 1. The number of amides is 1. The van der Waals surface area contributed by atoms with Gasteiger partial charge in [0, 0.05) is 17.5 Å². The van der Waals surface area contributed by atoms with Crippen molar-refractivity contribution in [2.75, 3.05) is 11.9 Å². The molecule has 5 nitrogen and oxygen atoms in total. The van der Waals surface area contributed by atoms with E-state index in [2.05, 4.69) is 16.4 Å². The van der Waals surface area contributed by atoms with Gasteiger partial charge in [-0.05, 0) is 35.4 Å². The normalized spacial score (nSPS) is 10.2. The van der Waals surface area contributed by atoms with Crippen LogP contribution in [0.15, 0.2) is 54.7 Å². The molecule has 1 aromatic heterocycles. The lowest BCUT2D eigenvalue weighted by molar-refractivity contribution is -0.118. The molecule has 0 fully saturated rings. The van der Waals surface area contributed by atoms with Crippen LogP contribution in [0.2, 0.25) is 0 Å². The Morgan fingerprint density at radius 3 is 2.56 bits per heavy atom. The summed E-state index contributed by atoms with van der Waals surface area (Å²) in [5, 5.41) is 11.8. The number of carbonyl (C=O) groups is 1. The van der Waals surface area contributed by atoms with Crippen molar-refractivity contribution in [1.82, 2.24) is 4.98 Å². The van der Waals surface area contributed by atoms with Gasteiger partial charge < -0.3 is 4.74 Å². The van der Waals surface area contributed by atoms with Crippen molar-refractivity contribution < 1.29 is 13.9 Å². The van der Waals surface area contributed by atoms with Crippen LogP contribution in [0, 0.1) is 17.1 Å². The number of hydrogen-bond donors (Lipinski definition) is 1.